The molecule has 0 spiro atoms. The fraction of sp³-hybridized carbons (Fsp3) is 0.333. The molecule has 0 amide bonds. The first-order chi connectivity index (χ1) is 16.1. The molecule has 0 unspecified atom stereocenters. The first kappa shape index (κ1) is 21.4. The van der Waals surface area contributed by atoms with E-state index in [1.54, 1.807) is 29.8 Å². The third kappa shape index (κ3) is 4.03. The molecule has 4 aromatic rings. The monoisotopic (exact) mass is 461 g/mol. The Morgan fingerprint density at radius 2 is 2.06 bits per heavy atom. The zero-order chi connectivity index (χ0) is 22.9. The Hall–Kier alpha value is -3.48. The molecule has 4 heterocycles. The van der Waals surface area contributed by atoms with Crippen LogP contribution in [0, 0.1) is 11.3 Å². The molecule has 1 saturated heterocycles. The van der Waals surface area contributed by atoms with Crippen LogP contribution in [0.2, 0.25) is 0 Å². The van der Waals surface area contributed by atoms with E-state index in [2.05, 4.69) is 20.9 Å². The molecule has 0 aliphatic carbocycles. The number of pyridine rings is 2. The minimum absolute atomic E-state index is 0.121. The largest absolute Gasteiger partial charge is 0.464 e. The van der Waals surface area contributed by atoms with Gasteiger partial charge < -0.3 is 18.9 Å². The molecular formula is C24H23N5O3S. The quantitative estimate of drug-likeness (QED) is 0.449. The second-order valence-electron chi connectivity index (χ2n) is 7.94. The molecule has 3 aromatic heterocycles. The Morgan fingerprint density at radius 3 is 2.85 bits per heavy atom. The molecule has 9 heteroatoms. The fourth-order valence-corrected chi connectivity index (χ4v) is 5.14. The molecule has 1 aliphatic heterocycles. The van der Waals surface area contributed by atoms with Gasteiger partial charge in [-0.25, -0.2) is 9.97 Å². The highest BCUT2D eigenvalue weighted by molar-refractivity contribution is 7.20. The molecule has 168 valence electrons. The second-order valence-corrected chi connectivity index (χ2v) is 8.93. The van der Waals surface area contributed by atoms with Gasteiger partial charge in [-0.3, -0.25) is 4.79 Å². The van der Waals surface area contributed by atoms with Gasteiger partial charge in [-0.05, 0) is 31.2 Å². The van der Waals surface area contributed by atoms with Gasteiger partial charge >= 0.3 is 0 Å². The van der Waals surface area contributed by atoms with E-state index in [0.717, 1.165) is 10.2 Å². The number of nitrogens with zero attached hydrogens (tertiary/aromatic N) is 5. The van der Waals surface area contributed by atoms with Gasteiger partial charge in [0.2, 0.25) is 0 Å². The van der Waals surface area contributed by atoms with Crippen LogP contribution in [0.3, 0.4) is 0 Å². The Labute approximate surface area is 194 Å². The molecule has 0 saturated carbocycles. The van der Waals surface area contributed by atoms with Crippen LogP contribution in [-0.2, 0) is 11.8 Å². The van der Waals surface area contributed by atoms with Gasteiger partial charge in [0.05, 0.1) is 21.4 Å². The number of fused-ring (bicyclic) bond motifs is 2. The summed E-state index contributed by atoms with van der Waals surface area (Å²) in [7, 11) is 1.71. The molecule has 1 aromatic carbocycles. The number of hydrogen-bond acceptors (Lipinski definition) is 8. The second kappa shape index (κ2) is 8.81. The van der Waals surface area contributed by atoms with E-state index in [9.17, 15) is 10.1 Å². The van der Waals surface area contributed by atoms with Crippen molar-refractivity contribution in [2.45, 2.75) is 25.6 Å². The standard InChI is InChI=1S/C24H23N5O3S/c1-3-31-20-14-29(11-10-19(20)32-24-27-16-6-4-5-7-21(16)33-24)18-12-22(30)28(2)17-9-8-15(13-25)26-23(17)18/h4-9,12,19-20H,3,10-11,14H2,1-2H3/t19-,20-/m0/s1. The van der Waals surface area contributed by atoms with Crippen molar-refractivity contribution in [1.29, 1.82) is 5.26 Å². The predicted octanol–water partition coefficient (Wildman–Crippen LogP) is 3.48. The Bertz CT molecular complexity index is 1390. The summed E-state index contributed by atoms with van der Waals surface area (Å²) in [6, 6.07) is 15.1. The summed E-state index contributed by atoms with van der Waals surface area (Å²) < 4.78 is 15.0. The Kier molecular flexibility index (Phi) is 5.70. The summed E-state index contributed by atoms with van der Waals surface area (Å²) in [5.74, 6) is 0. The van der Waals surface area contributed by atoms with Crippen LogP contribution in [0.25, 0.3) is 21.3 Å². The summed E-state index contributed by atoms with van der Waals surface area (Å²) in [5, 5.41) is 9.96. The lowest BCUT2D eigenvalue weighted by molar-refractivity contribution is -0.0279. The molecule has 0 radical (unpaired) electrons. The zero-order valence-corrected chi connectivity index (χ0v) is 19.2. The maximum Gasteiger partial charge on any atom is 0.274 e. The molecule has 33 heavy (non-hydrogen) atoms. The van der Waals surface area contributed by atoms with Crippen LogP contribution in [0.1, 0.15) is 19.0 Å². The van der Waals surface area contributed by atoms with Crippen molar-refractivity contribution < 1.29 is 9.47 Å². The summed E-state index contributed by atoms with van der Waals surface area (Å²) in [6.07, 6.45) is 0.353. The maximum atomic E-state index is 12.6. The van der Waals surface area contributed by atoms with Gasteiger partial charge in [-0.15, -0.1) is 0 Å². The number of anilines is 1. The van der Waals surface area contributed by atoms with Gasteiger partial charge in [-0.2, -0.15) is 5.26 Å². The van der Waals surface area contributed by atoms with Gasteiger partial charge in [0.1, 0.15) is 29.5 Å². The number of piperidine rings is 1. The van der Waals surface area contributed by atoms with Crippen LogP contribution in [0.4, 0.5) is 5.69 Å². The van der Waals surface area contributed by atoms with E-state index in [4.69, 9.17) is 9.47 Å². The lowest BCUT2D eigenvalue weighted by atomic mass is 10.0. The summed E-state index contributed by atoms with van der Waals surface area (Å²) in [4.78, 5) is 23.8. The van der Waals surface area contributed by atoms with Crippen molar-refractivity contribution in [2.24, 2.45) is 7.05 Å². The Balaban J connectivity index is 1.45. The summed E-state index contributed by atoms with van der Waals surface area (Å²) >= 11 is 1.53. The van der Waals surface area contributed by atoms with E-state index >= 15 is 0 Å². The number of para-hydroxylation sites is 1. The number of hydrogen-bond donors (Lipinski definition) is 0. The third-order valence-corrected chi connectivity index (χ3v) is 6.86. The average molecular weight is 462 g/mol. The van der Waals surface area contributed by atoms with Crippen molar-refractivity contribution in [3.63, 3.8) is 0 Å². The lowest BCUT2D eigenvalue weighted by Gasteiger charge is -2.39. The fourth-order valence-electron chi connectivity index (χ4n) is 4.27. The highest BCUT2D eigenvalue weighted by Gasteiger charge is 2.33. The third-order valence-electron chi connectivity index (χ3n) is 5.93. The highest BCUT2D eigenvalue weighted by atomic mass is 32.1. The normalized spacial score (nSPS) is 18.5. The van der Waals surface area contributed by atoms with Gasteiger partial charge in [0.15, 0.2) is 0 Å². The van der Waals surface area contributed by atoms with Gasteiger partial charge in [-0.1, -0.05) is 23.5 Å². The predicted molar refractivity (Wildman–Crippen MR) is 128 cm³/mol. The van der Waals surface area contributed by atoms with Crippen LogP contribution in [0.15, 0.2) is 47.3 Å². The molecule has 0 bridgehead atoms. The number of nitriles is 1. The van der Waals surface area contributed by atoms with E-state index in [-0.39, 0.29) is 17.8 Å². The number of benzene rings is 1. The molecule has 0 N–H and O–H groups in total. The molecule has 5 rings (SSSR count). The number of aromatic nitrogens is 3. The zero-order valence-electron chi connectivity index (χ0n) is 18.4. The van der Waals surface area contributed by atoms with E-state index < -0.39 is 0 Å². The highest BCUT2D eigenvalue weighted by Crippen LogP contribution is 2.32. The maximum absolute atomic E-state index is 12.6. The summed E-state index contributed by atoms with van der Waals surface area (Å²) in [5.41, 5.74) is 3.17. The minimum atomic E-state index is -0.200. The molecule has 8 nitrogen and oxygen atoms in total. The molecule has 2 atom stereocenters. The molecule has 1 aliphatic rings. The Morgan fingerprint density at radius 1 is 1.21 bits per heavy atom. The van der Waals surface area contributed by atoms with Crippen LogP contribution >= 0.6 is 11.3 Å². The van der Waals surface area contributed by atoms with Crippen LogP contribution in [-0.4, -0.2) is 46.4 Å². The first-order valence-electron chi connectivity index (χ1n) is 10.9. The molecule has 1 fully saturated rings. The van der Waals surface area contributed by atoms with E-state index in [0.29, 0.717) is 53.7 Å². The first-order valence-corrected chi connectivity index (χ1v) is 11.7. The van der Waals surface area contributed by atoms with Crippen molar-refractivity contribution in [2.75, 3.05) is 24.6 Å². The van der Waals surface area contributed by atoms with Crippen LogP contribution < -0.4 is 15.2 Å². The van der Waals surface area contributed by atoms with E-state index in [1.165, 1.54) is 11.3 Å². The van der Waals surface area contributed by atoms with Crippen LogP contribution in [0.5, 0.6) is 5.19 Å². The topological polar surface area (TPSA) is 93.3 Å². The van der Waals surface area contributed by atoms with E-state index in [1.807, 2.05) is 31.2 Å². The number of thiazole rings is 1. The summed E-state index contributed by atoms with van der Waals surface area (Å²) in [6.45, 7) is 3.72. The van der Waals surface area contributed by atoms with Crippen molar-refractivity contribution in [1.82, 2.24) is 14.5 Å². The van der Waals surface area contributed by atoms with Crippen molar-refractivity contribution in [3.05, 3.63) is 58.5 Å². The molecular weight excluding hydrogens is 438 g/mol. The number of ether oxygens (including phenoxy) is 2. The lowest BCUT2D eigenvalue weighted by Crippen LogP contribution is -2.50. The van der Waals surface area contributed by atoms with Gasteiger partial charge in [0, 0.05) is 39.2 Å². The minimum Gasteiger partial charge on any atom is -0.464 e. The van der Waals surface area contributed by atoms with Crippen molar-refractivity contribution >= 4 is 38.3 Å². The number of rotatable bonds is 5. The number of aryl methyl sites for hydroxylation is 1. The SMILES string of the molecule is CCO[C@H]1CN(c2cc(=O)n(C)c3ccc(C#N)nc23)CC[C@@H]1Oc1nc2ccccc2s1. The van der Waals surface area contributed by atoms with Gasteiger partial charge in [0.25, 0.3) is 10.8 Å². The smallest absolute Gasteiger partial charge is 0.274 e. The van der Waals surface area contributed by atoms with Crippen molar-refractivity contribution in [3.8, 4) is 11.3 Å². The average Bonchev–Trinajstić information content (AvgIpc) is 3.25.